The summed E-state index contributed by atoms with van der Waals surface area (Å²) in [5, 5.41) is 3.82. The first-order valence-electron chi connectivity index (χ1n) is 7.52. The second kappa shape index (κ2) is 7.45. The highest BCUT2D eigenvalue weighted by Gasteiger charge is 2.26. The minimum absolute atomic E-state index is 0.113. The summed E-state index contributed by atoms with van der Waals surface area (Å²) in [6.45, 7) is 6.22. The molecule has 0 saturated carbocycles. The quantitative estimate of drug-likeness (QED) is 0.663. The number of rotatable bonds is 5. The van der Waals surface area contributed by atoms with Gasteiger partial charge < -0.3 is 10.1 Å². The normalized spacial score (nSPS) is 17.8. The Bertz CT molecular complexity index is 623. The van der Waals surface area contributed by atoms with E-state index in [0.717, 1.165) is 18.4 Å². The zero-order valence-corrected chi connectivity index (χ0v) is 13.9. The van der Waals surface area contributed by atoms with Crippen molar-refractivity contribution < 1.29 is 9.53 Å². The second-order valence-electron chi connectivity index (χ2n) is 5.25. The number of hydrogen-bond acceptors (Lipinski definition) is 4. The predicted octanol–water partition coefficient (Wildman–Crippen LogP) is 3.80. The van der Waals surface area contributed by atoms with Crippen LogP contribution in [0.1, 0.15) is 39.2 Å². The van der Waals surface area contributed by atoms with Gasteiger partial charge in [0.1, 0.15) is 11.7 Å². The van der Waals surface area contributed by atoms with E-state index in [1.165, 1.54) is 0 Å². The van der Waals surface area contributed by atoms with Crippen LogP contribution in [-0.2, 0) is 9.53 Å². The monoisotopic (exact) mass is 320 g/mol. The standard InChI is InChI=1S/C17H21ClN2O2/c1-4-5-10-22-17(21)15-11(2)19-12(3)20-16(15)13-8-6-7-9-14(13)18/h6-9,12,20H,4-5,10H2,1-3H3. The van der Waals surface area contributed by atoms with Crippen molar-refractivity contribution in [1.29, 1.82) is 0 Å². The van der Waals surface area contributed by atoms with Crippen molar-refractivity contribution in [2.75, 3.05) is 6.61 Å². The van der Waals surface area contributed by atoms with E-state index in [1.807, 2.05) is 32.0 Å². The van der Waals surface area contributed by atoms with Crippen LogP contribution in [0.2, 0.25) is 5.02 Å². The van der Waals surface area contributed by atoms with Crippen LogP contribution < -0.4 is 5.32 Å². The molecule has 22 heavy (non-hydrogen) atoms. The van der Waals surface area contributed by atoms with Crippen molar-refractivity contribution >= 4 is 29.0 Å². The molecule has 0 fully saturated rings. The lowest BCUT2D eigenvalue weighted by Crippen LogP contribution is -2.33. The van der Waals surface area contributed by atoms with Gasteiger partial charge in [-0.2, -0.15) is 0 Å². The van der Waals surface area contributed by atoms with E-state index < -0.39 is 0 Å². The Labute approximate surface area is 136 Å². The summed E-state index contributed by atoms with van der Waals surface area (Å²) < 4.78 is 5.36. The zero-order chi connectivity index (χ0) is 16.1. The van der Waals surface area contributed by atoms with Gasteiger partial charge in [-0.25, -0.2) is 4.79 Å². The number of nitrogens with zero attached hydrogens (tertiary/aromatic N) is 1. The van der Waals surface area contributed by atoms with E-state index in [-0.39, 0.29) is 12.1 Å². The number of carbonyl (C=O) groups is 1. The van der Waals surface area contributed by atoms with Crippen molar-refractivity contribution in [3.63, 3.8) is 0 Å². The minimum Gasteiger partial charge on any atom is -0.462 e. The van der Waals surface area contributed by atoms with Crippen LogP contribution in [0.25, 0.3) is 5.70 Å². The van der Waals surface area contributed by atoms with Crippen LogP contribution in [0.5, 0.6) is 0 Å². The molecule has 0 aliphatic carbocycles. The SMILES string of the molecule is CCCCOC(=O)C1=C(c2ccccc2Cl)NC(C)N=C1C. The van der Waals surface area contributed by atoms with Gasteiger partial charge in [-0.1, -0.05) is 43.1 Å². The lowest BCUT2D eigenvalue weighted by molar-refractivity contribution is -0.138. The summed E-state index contributed by atoms with van der Waals surface area (Å²) in [6.07, 6.45) is 1.71. The molecule has 0 aromatic heterocycles. The summed E-state index contributed by atoms with van der Waals surface area (Å²) in [5.41, 5.74) is 2.60. The average Bonchev–Trinajstić information content (AvgIpc) is 2.47. The number of nitrogens with one attached hydrogen (secondary N) is 1. The number of hydrogen-bond donors (Lipinski definition) is 1. The molecule has 1 atom stereocenters. The molecule has 118 valence electrons. The number of ether oxygens (including phenoxy) is 1. The third-order valence-corrected chi connectivity index (χ3v) is 3.76. The fraction of sp³-hybridized carbons (Fsp3) is 0.412. The van der Waals surface area contributed by atoms with Crippen LogP contribution >= 0.6 is 11.6 Å². The highest BCUT2D eigenvalue weighted by molar-refractivity contribution is 6.33. The Kier molecular flexibility index (Phi) is 5.61. The zero-order valence-electron chi connectivity index (χ0n) is 13.1. The van der Waals surface area contributed by atoms with Crippen LogP contribution in [0.4, 0.5) is 0 Å². The third-order valence-electron chi connectivity index (χ3n) is 3.43. The van der Waals surface area contributed by atoms with E-state index in [1.54, 1.807) is 6.07 Å². The summed E-state index contributed by atoms with van der Waals surface area (Å²) in [7, 11) is 0. The van der Waals surface area contributed by atoms with Gasteiger partial charge >= 0.3 is 5.97 Å². The molecule has 4 nitrogen and oxygen atoms in total. The van der Waals surface area contributed by atoms with Gasteiger partial charge in [0.05, 0.1) is 18.0 Å². The molecule has 1 aliphatic rings. The number of unbranched alkanes of at least 4 members (excludes halogenated alkanes) is 1. The lowest BCUT2D eigenvalue weighted by atomic mass is 10.0. The maximum absolute atomic E-state index is 12.4. The van der Waals surface area contributed by atoms with Crippen molar-refractivity contribution in [1.82, 2.24) is 5.32 Å². The maximum Gasteiger partial charge on any atom is 0.342 e. The van der Waals surface area contributed by atoms with Crippen LogP contribution in [-0.4, -0.2) is 24.5 Å². The Balaban J connectivity index is 2.42. The van der Waals surface area contributed by atoms with Gasteiger partial charge in [-0.15, -0.1) is 0 Å². The van der Waals surface area contributed by atoms with Crippen molar-refractivity contribution in [2.24, 2.45) is 4.99 Å². The highest BCUT2D eigenvalue weighted by Crippen LogP contribution is 2.28. The second-order valence-corrected chi connectivity index (χ2v) is 5.66. The van der Waals surface area contributed by atoms with E-state index in [0.29, 0.717) is 28.6 Å². The van der Waals surface area contributed by atoms with E-state index in [4.69, 9.17) is 16.3 Å². The predicted molar refractivity (Wildman–Crippen MR) is 89.9 cm³/mol. The Hall–Kier alpha value is -1.81. The summed E-state index contributed by atoms with van der Waals surface area (Å²) in [4.78, 5) is 16.9. The largest absolute Gasteiger partial charge is 0.462 e. The molecule has 1 aliphatic heterocycles. The van der Waals surface area contributed by atoms with Gasteiger partial charge in [0.15, 0.2) is 0 Å². The summed E-state index contributed by atoms with van der Waals surface area (Å²) in [6, 6.07) is 7.44. The molecule has 0 amide bonds. The Morgan fingerprint density at radius 3 is 2.82 bits per heavy atom. The molecule has 1 N–H and O–H groups in total. The Morgan fingerprint density at radius 1 is 1.41 bits per heavy atom. The molecule has 1 aromatic rings. The molecule has 0 radical (unpaired) electrons. The van der Waals surface area contributed by atoms with E-state index >= 15 is 0 Å². The fourth-order valence-corrected chi connectivity index (χ4v) is 2.59. The van der Waals surface area contributed by atoms with Crippen molar-refractivity contribution in [3.05, 3.63) is 40.4 Å². The highest BCUT2D eigenvalue weighted by atomic mass is 35.5. The van der Waals surface area contributed by atoms with E-state index in [2.05, 4.69) is 17.2 Å². The number of carbonyl (C=O) groups excluding carboxylic acids is 1. The summed E-state index contributed by atoms with van der Waals surface area (Å²) >= 11 is 6.28. The van der Waals surface area contributed by atoms with Gasteiger partial charge in [-0.05, 0) is 26.3 Å². The molecule has 0 bridgehead atoms. The minimum atomic E-state index is -0.357. The van der Waals surface area contributed by atoms with Gasteiger partial charge in [0, 0.05) is 10.6 Å². The number of esters is 1. The molecule has 1 heterocycles. The lowest BCUT2D eigenvalue weighted by Gasteiger charge is -2.25. The molecule has 5 heteroatoms. The number of benzene rings is 1. The molecule has 0 saturated heterocycles. The van der Waals surface area contributed by atoms with Crippen molar-refractivity contribution in [2.45, 2.75) is 39.8 Å². The Morgan fingerprint density at radius 2 is 2.14 bits per heavy atom. The first-order chi connectivity index (χ1) is 10.5. The summed E-state index contributed by atoms with van der Waals surface area (Å²) in [5.74, 6) is -0.357. The van der Waals surface area contributed by atoms with Crippen LogP contribution in [0.15, 0.2) is 34.8 Å². The molecule has 1 aromatic carbocycles. The molecular weight excluding hydrogens is 300 g/mol. The number of halogens is 1. The molecular formula is C17H21ClN2O2. The topological polar surface area (TPSA) is 50.7 Å². The van der Waals surface area contributed by atoms with Crippen LogP contribution in [0, 0.1) is 0 Å². The van der Waals surface area contributed by atoms with Crippen LogP contribution in [0.3, 0.4) is 0 Å². The first-order valence-corrected chi connectivity index (χ1v) is 7.90. The van der Waals surface area contributed by atoms with E-state index in [9.17, 15) is 4.79 Å². The number of aliphatic imine (C=N–C) groups is 1. The van der Waals surface area contributed by atoms with Gasteiger partial charge in [0.2, 0.25) is 0 Å². The fourth-order valence-electron chi connectivity index (χ4n) is 2.36. The average molecular weight is 321 g/mol. The smallest absolute Gasteiger partial charge is 0.342 e. The molecule has 2 rings (SSSR count). The van der Waals surface area contributed by atoms with Gasteiger partial charge in [-0.3, -0.25) is 4.99 Å². The molecule has 1 unspecified atom stereocenters. The third kappa shape index (κ3) is 3.69. The maximum atomic E-state index is 12.4. The first kappa shape index (κ1) is 16.6. The molecule has 0 spiro atoms. The van der Waals surface area contributed by atoms with Crippen molar-refractivity contribution in [3.8, 4) is 0 Å². The van der Waals surface area contributed by atoms with Gasteiger partial charge in [0.25, 0.3) is 0 Å².